The first-order valence-electron chi connectivity index (χ1n) is 5.16. The summed E-state index contributed by atoms with van der Waals surface area (Å²) in [7, 11) is -3.39. The van der Waals surface area contributed by atoms with Crippen LogP contribution < -0.4 is 4.72 Å². The van der Waals surface area contributed by atoms with Gasteiger partial charge in [-0.3, -0.25) is 0 Å². The van der Waals surface area contributed by atoms with Gasteiger partial charge in [0.25, 0.3) is 0 Å². The Hall–Kier alpha value is -0.580. The summed E-state index contributed by atoms with van der Waals surface area (Å²) in [5.74, 6) is 0.316. The third-order valence-corrected chi connectivity index (χ3v) is 4.15. The fourth-order valence-corrected chi connectivity index (χ4v) is 2.92. The van der Waals surface area contributed by atoms with Crippen molar-refractivity contribution in [3.8, 4) is 0 Å². The van der Waals surface area contributed by atoms with Gasteiger partial charge in [-0.05, 0) is 30.5 Å². The van der Waals surface area contributed by atoms with E-state index in [-0.39, 0.29) is 0 Å². The number of rotatable bonds is 5. The molecule has 0 aliphatic rings. The molecule has 5 heteroatoms. The van der Waals surface area contributed by atoms with E-state index in [0.29, 0.717) is 17.3 Å². The summed E-state index contributed by atoms with van der Waals surface area (Å²) in [6, 6.07) is 5.24. The van der Waals surface area contributed by atoms with Gasteiger partial charge in [0, 0.05) is 12.4 Å². The van der Waals surface area contributed by atoms with Gasteiger partial charge >= 0.3 is 0 Å². The molecule has 0 radical (unpaired) electrons. The molecule has 90 valence electrons. The van der Waals surface area contributed by atoms with Gasteiger partial charge in [0.05, 0.1) is 4.90 Å². The third kappa shape index (κ3) is 3.20. The van der Waals surface area contributed by atoms with Crippen molar-refractivity contribution in [2.45, 2.75) is 31.0 Å². The van der Waals surface area contributed by atoms with Crippen LogP contribution in [0, 0.1) is 6.92 Å². The van der Waals surface area contributed by atoms with Crippen molar-refractivity contribution in [3.05, 3.63) is 29.3 Å². The molecule has 1 aromatic rings. The van der Waals surface area contributed by atoms with Gasteiger partial charge < -0.3 is 0 Å². The molecule has 0 atom stereocenters. The number of aryl methyl sites for hydroxylation is 1. The van der Waals surface area contributed by atoms with E-state index in [1.807, 2.05) is 13.0 Å². The topological polar surface area (TPSA) is 46.2 Å². The first kappa shape index (κ1) is 13.5. The summed E-state index contributed by atoms with van der Waals surface area (Å²) in [4.78, 5) is 0.319. The summed E-state index contributed by atoms with van der Waals surface area (Å²) in [6.07, 6.45) is 0.771. The maximum atomic E-state index is 11.9. The highest BCUT2D eigenvalue weighted by atomic mass is 35.5. The first-order chi connectivity index (χ1) is 7.51. The van der Waals surface area contributed by atoms with Gasteiger partial charge in [-0.25, -0.2) is 13.1 Å². The Morgan fingerprint density at radius 2 is 2.06 bits per heavy atom. The zero-order valence-corrected chi connectivity index (χ0v) is 11.0. The van der Waals surface area contributed by atoms with Crippen molar-refractivity contribution in [1.29, 1.82) is 0 Å². The van der Waals surface area contributed by atoms with Crippen LogP contribution >= 0.6 is 11.6 Å². The Labute approximate surface area is 102 Å². The fourth-order valence-electron chi connectivity index (χ4n) is 1.33. The largest absolute Gasteiger partial charge is 0.240 e. The van der Waals surface area contributed by atoms with Gasteiger partial charge in [-0.1, -0.05) is 19.1 Å². The predicted octanol–water partition coefficient (Wildman–Crippen LogP) is 2.42. The molecule has 0 spiro atoms. The number of hydrogen-bond donors (Lipinski definition) is 1. The number of hydrogen-bond acceptors (Lipinski definition) is 2. The molecule has 0 aliphatic carbocycles. The molecule has 0 bridgehead atoms. The van der Waals surface area contributed by atoms with Gasteiger partial charge in [0.1, 0.15) is 0 Å². The summed E-state index contributed by atoms with van der Waals surface area (Å²) in [5.41, 5.74) is 1.54. The first-order valence-corrected chi connectivity index (χ1v) is 7.18. The summed E-state index contributed by atoms with van der Waals surface area (Å²) in [5, 5.41) is 0. The molecule has 1 N–H and O–H groups in total. The second-order valence-corrected chi connectivity index (χ2v) is 5.63. The summed E-state index contributed by atoms with van der Waals surface area (Å²) in [6.45, 7) is 4.15. The van der Waals surface area contributed by atoms with Crippen LogP contribution in [-0.2, 0) is 15.9 Å². The van der Waals surface area contributed by atoms with E-state index in [1.54, 1.807) is 19.1 Å². The lowest BCUT2D eigenvalue weighted by Gasteiger charge is -2.09. The molecule has 0 aliphatic heterocycles. The molecule has 0 aromatic heterocycles. The molecule has 3 nitrogen and oxygen atoms in total. The molecule has 0 fully saturated rings. The van der Waals surface area contributed by atoms with Gasteiger partial charge in [0.2, 0.25) is 10.0 Å². The number of nitrogens with one attached hydrogen (secondary N) is 1. The molecule has 16 heavy (non-hydrogen) atoms. The van der Waals surface area contributed by atoms with Crippen LogP contribution in [0.4, 0.5) is 0 Å². The zero-order chi connectivity index (χ0) is 12.2. The average molecular weight is 262 g/mol. The molecular formula is C11H16ClNO2S. The Kier molecular flexibility index (Phi) is 4.77. The number of benzene rings is 1. The van der Waals surface area contributed by atoms with Crippen molar-refractivity contribution >= 4 is 21.6 Å². The quantitative estimate of drug-likeness (QED) is 0.828. The van der Waals surface area contributed by atoms with Crippen LogP contribution in [0.15, 0.2) is 23.1 Å². The highest BCUT2D eigenvalue weighted by molar-refractivity contribution is 7.89. The van der Waals surface area contributed by atoms with Gasteiger partial charge in [0.15, 0.2) is 0 Å². The molecule has 0 amide bonds. The Morgan fingerprint density at radius 3 is 2.62 bits per heavy atom. The summed E-state index contributed by atoms with van der Waals surface area (Å²) >= 11 is 5.69. The number of alkyl halides is 1. The Bertz CT molecular complexity index is 457. The van der Waals surface area contributed by atoms with Crippen LogP contribution in [0.5, 0.6) is 0 Å². The van der Waals surface area contributed by atoms with E-state index < -0.39 is 10.0 Å². The maximum Gasteiger partial charge on any atom is 0.240 e. The second kappa shape index (κ2) is 5.66. The van der Waals surface area contributed by atoms with E-state index in [1.165, 1.54) is 0 Å². The smallest absolute Gasteiger partial charge is 0.211 e. The van der Waals surface area contributed by atoms with Crippen LogP contribution in [0.25, 0.3) is 0 Å². The van der Waals surface area contributed by atoms with Crippen molar-refractivity contribution in [2.24, 2.45) is 0 Å². The van der Waals surface area contributed by atoms with E-state index in [4.69, 9.17) is 11.6 Å². The van der Waals surface area contributed by atoms with Crippen molar-refractivity contribution < 1.29 is 8.42 Å². The Balaban J connectivity index is 3.11. The monoisotopic (exact) mass is 261 g/mol. The minimum atomic E-state index is -3.39. The minimum absolute atomic E-state index is 0.316. The van der Waals surface area contributed by atoms with E-state index in [0.717, 1.165) is 17.5 Å². The second-order valence-electron chi connectivity index (χ2n) is 3.63. The van der Waals surface area contributed by atoms with Crippen LogP contribution in [0.2, 0.25) is 0 Å². The van der Waals surface area contributed by atoms with Crippen molar-refractivity contribution in [3.63, 3.8) is 0 Å². The van der Waals surface area contributed by atoms with Gasteiger partial charge in [-0.15, -0.1) is 11.6 Å². The van der Waals surface area contributed by atoms with E-state index >= 15 is 0 Å². The van der Waals surface area contributed by atoms with E-state index in [2.05, 4.69) is 4.72 Å². The number of halogens is 1. The normalized spacial score (nSPS) is 11.7. The lowest BCUT2D eigenvalue weighted by Crippen LogP contribution is -2.25. The van der Waals surface area contributed by atoms with Crippen LogP contribution in [-0.4, -0.2) is 15.0 Å². The molecular weight excluding hydrogens is 246 g/mol. The molecule has 0 saturated carbocycles. The highest BCUT2D eigenvalue weighted by Crippen LogP contribution is 2.18. The molecule has 0 heterocycles. The Morgan fingerprint density at radius 1 is 1.38 bits per heavy atom. The minimum Gasteiger partial charge on any atom is -0.211 e. The van der Waals surface area contributed by atoms with Crippen molar-refractivity contribution in [2.75, 3.05) is 6.54 Å². The number of sulfonamides is 1. The van der Waals surface area contributed by atoms with E-state index in [9.17, 15) is 8.42 Å². The van der Waals surface area contributed by atoms with Gasteiger partial charge in [-0.2, -0.15) is 0 Å². The lowest BCUT2D eigenvalue weighted by atomic mass is 10.2. The fraction of sp³-hybridized carbons (Fsp3) is 0.455. The maximum absolute atomic E-state index is 11.9. The third-order valence-electron chi connectivity index (χ3n) is 2.24. The van der Waals surface area contributed by atoms with Crippen molar-refractivity contribution in [1.82, 2.24) is 4.72 Å². The highest BCUT2D eigenvalue weighted by Gasteiger charge is 2.16. The van der Waals surface area contributed by atoms with Crippen LogP contribution in [0.3, 0.4) is 0 Å². The SMILES string of the molecule is CCCNS(=O)(=O)c1cc(CCl)ccc1C. The lowest BCUT2D eigenvalue weighted by molar-refractivity contribution is 0.580. The molecule has 1 aromatic carbocycles. The predicted molar refractivity (Wildman–Crippen MR) is 66.2 cm³/mol. The summed E-state index contributed by atoms with van der Waals surface area (Å²) < 4.78 is 26.4. The molecule has 0 saturated heterocycles. The molecule has 0 unspecified atom stereocenters. The standard InChI is InChI=1S/C11H16ClNO2S/c1-3-6-13-16(14,15)11-7-10(8-12)5-4-9(11)2/h4-5,7,13H,3,6,8H2,1-2H3. The zero-order valence-electron chi connectivity index (χ0n) is 9.46. The van der Waals surface area contributed by atoms with Crippen LogP contribution in [0.1, 0.15) is 24.5 Å². The average Bonchev–Trinajstić information content (AvgIpc) is 2.27. The molecule has 1 rings (SSSR count).